The lowest BCUT2D eigenvalue weighted by atomic mass is 10.0. The van der Waals surface area contributed by atoms with E-state index in [9.17, 15) is 5.26 Å². The first-order valence-electron chi connectivity index (χ1n) is 8.14. The van der Waals surface area contributed by atoms with E-state index >= 15 is 0 Å². The predicted molar refractivity (Wildman–Crippen MR) is 113 cm³/mol. The maximum Gasteiger partial charge on any atom is 0.136 e. The van der Waals surface area contributed by atoms with Crippen LogP contribution in [-0.4, -0.2) is 4.98 Å². The molecule has 5 heteroatoms. The average molecular weight is 424 g/mol. The van der Waals surface area contributed by atoms with Gasteiger partial charge in [0, 0.05) is 27.3 Å². The molecule has 0 amide bonds. The molecule has 0 aliphatic carbocycles. The molecule has 26 heavy (non-hydrogen) atoms. The van der Waals surface area contributed by atoms with Crippen molar-refractivity contribution >= 4 is 38.5 Å². The molecule has 0 unspecified atom stereocenters. The second-order valence-electron chi connectivity index (χ2n) is 6.13. The molecule has 1 aromatic heterocycles. The Bertz CT molecular complexity index is 1030. The molecule has 2 aromatic carbocycles. The number of anilines is 1. The normalized spacial score (nSPS) is 11.3. The van der Waals surface area contributed by atoms with Crippen molar-refractivity contribution in [2.75, 3.05) is 5.32 Å². The van der Waals surface area contributed by atoms with E-state index in [0.717, 1.165) is 27.0 Å². The van der Waals surface area contributed by atoms with Gasteiger partial charge in [-0.1, -0.05) is 39.7 Å². The molecular formula is C21H18BrN3S. The van der Waals surface area contributed by atoms with Crippen molar-refractivity contribution in [3.05, 3.63) is 74.1 Å². The second kappa shape index (κ2) is 7.86. The van der Waals surface area contributed by atoms with E-state index in [0.29, 0.717) is 10.6 Å². The van der Waals surface area contributed by atoms with Crippen LogP contribution in [-0.2, 0) is 0 Å². The first kappa shape index (κ1) is 18.4. The van der Waals surface area contributed by atoms with Gasteiger partial charge < -0.3 is 5.32 Å². The highest BCUT2D eigenvalue weighted by Crippen LogP contribution is 2.29. The molecule has 0 spiro atoms. The summed E-state index contributed by atoms with van der Waals surface area (Å²) in [6, 6.07) is 14.5. The van der Waals surface area contributed by atoms with Crippen molar-refractivity contribution in [1.29, 1.82) is 5.26 Å². The van der Waals surface area contributed by atoms with E-state index < -0.39 is 0 Å². The molecule has 0 atom stereocenters. The fourth-order valence-electron chi connectivity index (χ4n) is 2.70. The molecule has 3 rings (SSSR count). The summed E-state index contributed by atoms with van der Waals surface area (Å²) < 4.78 is 1.03. The molecule has 1 N–H and O–H groups in total. The monoisotopic (exact) mass is 423 g/mol. The van der Waals surface area contributed by atoms with Crippen molar-refractivity contribution in [3.63, 3.8) is 0 Å². The van der Waals surface area contributed by atoms with Gasteiger partial charge in [-0.3, -0.25) is 0 Å². The minimum absolute atomic E-state index is 0.522. The third-order valence-electron chi connectivity index (χ3n) is 4.07. The van der Waals surface area contributed by atoms with Crippen molar-refractivity contribution in [1.82, 2.24) is 4.98 Å². The van der Waals surface area contributed by atoms with Crippen molar-refractivity contribution < 1.29 is 0 Å². The van der Waals surface area contributed by atoms with E-state index in [1.54, 1.807) is 6.20 Å². The van der Waals surface area contributed by atoms with E-state index in [2.05, 4.69) is 64.3 Å². The van der Waals surface area contributed by atoms with Gasteiger partial charge in [0.1, 0.15) is 16.6 Å². The van der Waals surface area contributed by atoms with Crippen molar-refractivity contribution in [2.24, 2.45) is 0 Å². The van der Waals surface area contributed by atoms with E-state index in [-0.39, 0.29) is 0 Å². The highest BCUT2D eigenvalue weighted by atomic mass is 79.9. The zero-order chi connectivity index (χ0) is 18.7. The largest absolute Gasteiger partial charge is 0.360 e. The zero-order valence-electron chi connectivity index (χ0n) is 14.8. The molecule has 0 fully saturated rings. The zero-order valence-corrected chi connectivity index (χ0v) is 17.2. The maximum atomic E-state index is 9.54. The van der Waals surface area contributed by atoms with Crippen LogP contribution in [0, 0.1) is 32.1 Å². The van der Waals surface area contributed by atoms with Gasteiger partial charge in [-0.05, 0) is 50.1 Å². The molecule has 0 bridgehead atoms. The summed E-state index contributed by atoms with van der Waals surface area (Å²) in [4.78, 5) is 4.67. The number of benzene rings is 2. The van der Waals surface area contributed by atoms with Crippen LogP contribution in [0.4, 0.5) is 5.69 Å². The molecule has 1 heterocycles. The first-order chi connectivity index (χ1) is 12.5. The Labute approximate surface area is 166 Å². The van der Waals surface area contributed by atoms with E-state index in [4.69, 9.17) is 0 Å². The molecule has 0 aliphatic rings. The third kappa shape index (κ3) is 4.04. The Kier molecular flexibility index (Phi) is 5.55. The summed E-state index contributed by atoms with van der Waals surface area (Å²) in [5.41, 5.74) is 7.01. The highest BCUT2D eigenvalue weighted by molar-refractivity contribution is 9.10. The van der Waals surface area contributed by atoms with Crippen LogP contribution in [0.25, 0.3) is 16.8 Å². The average Bonchev–Trinajstić information content (AvgIpc) is 3.06. The van der Waals surface area contributed by atoms with Crippen LogP contribution in [0.3, 0.4) is 0 Å². The second-order valence-corrected chi connectivity index (χ2v) is 7.90. The molecule has 3 nitrogen and oxygen atoms in total. The van der Waals surface area contributed by atoms with Crippen LogP contribution in [0.2, 0.25) is 0 Å². The fraction of sp³-hybridized carbons (Fsp3) is 0.143. The lowest BCUT2D eigenvalue weighted by Gasteiger charge is -2.06. The third-order valence-corrected chi connectivity index (χ3v) is 5.44. The van der Waals surface area contributed by atoms with Crippen LogP contribution in [0.15, 0.2) is 52.5 Å². The van der Waals surface area contributed by atoms with Crippen LogP contribution in [0.5, 0.6) is 0 Å². The molecule has 3 aromatic rings. The standard InChI is InChI=1S/C21H18BrN3S/c1-13-4-6-18(14(2)8-13)20-12-26-21(25-20)16(10-23)11-24-19-7-5-17(22)9-15(19)3/h4-9,11-12,24H,1-3H3/b16-11-. The summed E-state index contributed by atoms with van der Waals surface area (Å²) in [5, 5.41) is 15.5. The van der Waals surface area contributed by atoms with E-state index in [1.165, 1.54) is 22.5 Å². The molecule has 130 valence electrons. The van der Waals surface area contributed by atoms with Gasteiger partial charge in [-0.2, -0.15) is 5.26 Å². The Morgan fingerprint density at radius 2 is 1.96 bits per heavy atom. The lowest BCUT2D eigenvalue weighted by Crippen LogP contribution is -1.93. The number of halogens is 1. The van der Waals surface area contributed by atoms with Crippen molar-refractivity contribution in [3.8, 4) is 17.3 Å². The highest BCUT2D eigenvalue weighted by Gasteiger charge is 2.11. The quantitative estimate of drug-likeness (QED) is 0.488. The van der Waals surface area contributed by atoms with Gasteiger partial charge in [0.25, 0.3) is 0 Å². The number of aryl methyl sites for hydroxylation is 3. The Balaban J connectivity index is 1.87. The summed E-state index contributed by atoms with van der Waals surface area (Å²) >= 11 is 4.94. The summed E-state index contributed by atoms with van der Waals surface area (Å²) in [6.07, 6.45) is 1.72. The Morgan fingerprint density at radius 3 is 2.65 bits per heavy atom. The minimum Gasteiger partial charge on any atom is -0.360 e. The molecular weight excluding hydrogens is 406 g/mol. The fourth-order valence-corrected chi connectivity index (χ4v) is 3.96. The van der Waals surface area contributed by atoms with Gasteiger partial charge in [0.2, 0.25) is 0 Å². The number of rotatable bonds is 4. The Hall–Kier alpha value is -2.42. The summed E-state index contributed by atoms with van der Waals surface area (Å²) in [5.74, 6) is 0. The topological polar surface area (TPSA) is 48.7 Å². The van der Waals surface area contributed by atoms with Gasteiger partial charge in [0.05, 0.1) is 5.69 Å². The predicted octanol–water partition coefficient (Wildman–Crippen LogP) is 6.47. The summed E-state index contributed by atoms with van der Waals surface area (Å²) in [7, 11) is 0. The number of nitrogens with zero attached hydrogens (tertiary/aromatic N) is 2. The van der Waals surface area contributed by atoms with Gasteiger partial charge in [0.15, 0.2) is 0 Å². The minimum atomic E-state index is 0.522. The smallest absolute Gasteiger partial charge is 0.136 e. The maximum absolute atomic E-state index is 9.54. The van der Waals surface area contributed by atoms with Crippen LogP contribution >= 0.6 is 27.3 Å². The number of thiazole rings is 1. The van der Waals surface area contributed by atoms with Gasteiger partial charge in [-0.25, -0.2) is 4.98 Å². The number of nitriles is 1. The number of aromatic nitrogens is 1. The molecule has 0 aliphatic heterocycles. The molecule has 0 radical (unpaired) electrons. The van der Waals surface area contributed by atoms with Gasteiger partial charge >= 0.3 is 0 Å². The first-order valence-corrected chi connectivity index (χ1v) is 9.81. The van der Waals surface area contributed by atoms with Crippen molar-refractivity contribution in [2.45, 2.75) is 20.8 Å². The SMILES string of the molecule is Cc1ccc(-c2csc(/C(C#N)=C\Nc3ccc(Br)cc3C)n2)c(C)c1. The number of nitrogens with one attached hydrogen (secondary N) is 1. The lowest BCUT2D eigenvalue weighted by molar-refractivity contribution is 1.32. The molecule has 0 saturated carbocycles. The summed E-state index contributed by atoms with van der Waals surface area (Å²) in [6.45, 7) is 6.18. The number of hydrogen-bond donors (Lipinski definition) is 1. The van der Waals surface area contributed by atoms with Crippen LogP contribution < -0.4 is 5.32 Å². The Morgan fingerprint density at radius 1 is 1.15 bits per heavy atom. The van der Waals surface area contributed by atoms with E-state index in [1.807, 2.05) is 30.5 Å². The van der Waals surface area contributed by atoms with Crippen LogP contribution in [0.1, 0.15) is 21.7 Å². The van der Waals surface area contributed by atoms with Gasteiger partial charge in [-0.15, -0.1) is 11.3 Å². The number of hydrogen-bond acceptors (Lipinski definition) is 4. The number of allylic oxidation sites excluding steroid dienone is 1. The molecule has 0 saturated heterocycles.